The molecule has 0 aromatic heterocycles. The van der Waals surface area contributed by atoms with Crippen molar-refractivity contribution in [3.05, 3.63) is 48.3 Å². The zero-order valence-corrected chi connectivity index (χ0v) is 86.7. The molecule has 0 spiro atoms. The summed E-state index contributed by atoms with van der Waals surface area (Å²) in [7, 11) is 0. The molecule has 14 N–H and O–H groups in total. The molecule has 10 fully saturated rings. The average molecular weight is 1960 g/mol. The maximum Gasteiger partial charge on any atom is 0.329 e. The maximum atomic E-state index is 14.4. The second-order valence-electron chi connectivity index (χ2n) is 47.1. The normalized spacial score (nSPS) is 24.1. The number of ketones is 3. The molecule has 15 amide bonds. The standard InChI is InChI=1S/C36H59N5O7.C34H48FN5O7.C33H53N5O7/c1-11-16-23(27(42)30(44)37-19-12-2)38-29(43)26-24-22(36(24,9)10)20-41(26)31(45)28(34(3,4)5)40-33(47)39-25(21-17-14-13-15-18-21)32(46)48-35(6,7)8;1-17(2)24(31(45)47-16-19-10-12-20(35)13-11-19)38-32(46)39-27(33(3,4)5)30(44)40-15-21-23(34(21,6)7)25(40)29(43)37-22(14-18-8-9-18)26(41)28(36)42;1-8-19(9-2)23(30(43)45-16-18-12-13-18)36-31(44)37-26(32(3,4)5)29(42)38-15-20-22(33(20,6)7)24(38)28(41)35-21(14-17-10-11-17)25(39)27(34)40/h12,21-26,28H,2,11,13-20H2,1,3-10H3,(H,37,44)(H,38,43)(H2,39,40,47);10-13,17-18,21-25,27H,8-9,14-16H2,1-7H3,(H2,36,42)(H,37,43)(H2,38,39,46);17-24,26H,8-16H2,1-7H3,(H2,34,40)(H,35,41)(H2,36,37,44)/t22-,23?,24-,25-,26-,28+;21-,22?,23-,24-,25-,27+;20-,21?,22-,23-,24-,26+/m000/s1. The molecule has 780 valence electrons. The van der Waals surface area contributed by atoms with Gasteiger partial charge in [-0.15, -0.1) is 6.58 Å². The summed E-state index contributed by atoms with van der Waals surface area (Å²) in [6.07, 6.45) is 14.5. The minimum Gasteiger partial charge on any atom is -0.464 e. The van der Waals surface area contributed by atoms with Crippen molar-refractivity contribution in [1.29, 1.82) is 0 Å². The van der Waals surface area contributed by atoms with Crippen LogP contribution in [-0.4, -0.2) is 232 Å². The van der Waals surface area contributed by atoms with E-state index >= 15 is 0 Å². The Labute approximate surface area is 824 Å². The van der Waals surface area contributed by atoms with Crippen LogP contribution in [0.1, 0.15) is 274 Å². The third-order valence-corrected chi connectivity index (χ3v) is 30.4. The third kappa shape index (κ3) is 28.7. The number of rotatable bonds is 41. The number of primary amides is 2. The van der Waals surface area contributed by atoms with Crippen LogP contribution in [0.25, 0.3) is 0 Å². The maximum absolute atomic E-state index is 14.4. The van der Waals surface area contributed by atoms with Crippen LogP contribution < -0.4 is 64.6 Å². The number of nitrogens with two attached hydrogens (primary N) is 2. The minimum absolute atomic E-state index is 0.0339. The quantitative estimate of drug-likeness (QED) is 0.0127. The van der Waals surface area contributed by atoms with Gasteiger partial charge in [0.05, 0.1) is 24.7 Å². The van der Waals surface area contributed by atoms with Gasteiger partial charge in [0, 0.05) is 26.2 Å². The molecule has 1 aromatic rings. The van der Waals surface area contributed by atoms with Gasteiger partial charge in [-0.1, -0.05) is 221 Å². The number of ether oxygens (including phenoxy) is 3. The number of carbonyl (C=O) groups is 18. The van der Waals surface area contributed by atoms with E-state index in [1.807, 2.05) is 90.0 Å². The summed E-state index contributed by atoms with van der Waals surface area (Å²) in [6, 6.07) is -8.31. The number of carbonyl (C=O) groups excluding carboxylic acids is 18. The average Bonchev–Trinajstić information content (AvgIpc) is 1.53. The van der Waals surface area contributed by atoms with E-state index in [1.54, 1.807) is 55.4 Å². The number of fused-ring (bicyclic) bond motifs is 3. The number of hydrogen-bond donors (Lipinski definition) is 12. The molecule has 0 bridgehead atoms. The number of esters is 3. The van der Waals surface area contributed by atoms with E-state index < -0.39 is 207 Å². The van der Waals surface area contributed by atoms with Crippen LogP contribution in [0.3, 0.4) is 0 Å². The van der Waals surface area contributed by atoms with Crippen molar-refractivity contribution in [1.82, 2.24) is 67.9 Å². The Hall–Kier alpha value is -10.6. The number of Topliss-reactive ketones (excluding diaryl/α,β-unsaturated/α-hetero) is 3. The number of nitrogens with one attached hydrogen (secondary N) is 10. The van der Waals surface area contributed by atoms with Crippen LogP contribution in [0.5, 0.6) is 0 Å². The van der Waals surface area contributed by atoms with Crippen LogP contribution in [0.15, 0.2) is 36.9 Å². The van der Waals surface area contributed by atoms with E-state index in [0.29, 0.717) is 63.3 Å². The van der Waals surface area contributed by atoms with Crippen molar-refractivity contribution < 1.29 is 105 Å². The second-order valence-corrected chi connectivity index (χ2v) is 47.1. The Morgan fingerprint density at radius 3 is 1.19 bits per heavy atom. The van der Waals surface area contributed by atoms with E-state index in [4.69, 9.17) is 25.7 Å². The van der Waals surface area contributed by atoms with Gasteiger partial charge in [-0.2, -0.15) is 0 Å². The van der Waals surface area contributed by atoms with Crippen molar-refractivity contribution >= 4 is 107 Å². The van der Waals surface area contributed by atoms with Gasteiger partial charge in [-0.3, -0.25) is 57.5 Å². The van der Waals surface area contributed by atoms with E-state index in [0.717, 1.165) is 70.6 Å². The molecule has 10 aliphatic rings. The van der Waals surface area contributed by atoms with Gasteiger partial charge in [-0.25, -0.2) is 33.2 Å². The summed E-state index contributed by atoms with van der Waals surface area (Å²) >= 11 is 0. The minimum atomic E-state index is -1.12. The number of piperidine rings is 3. The smallest absolute Gasteiger partial charge is 0.329 e. The zero-order valence-electron chi connectivity index (χ0n) is 86.7. The lowest BCUT2D eigenvalue weighted by Crippen LogP contribution is -2.62. The summed E-state index contributed by atoms with van der Waals surface area (Å²) in [4.78, 5) is 243. The molecular weight excluding hydrogens is 1800 g/mol. The lowest BCUT2D eigenvalue weighted by Gasteiger charge is -2.38. The molecule has 11 rings (SSSR count). The molecule has 3 saturated heterocycles. The van der Waals surface area contributed by atoms with Gasteiger partial charge in [0.2, 0.25) is 52.8 Å². The van der Waals surface area contributed by atoms with Crippen molar-refractivity contribution in [2.24, 2.45) is 115 Å². The lowest BCUT2D eigenvalue weighted by molar-refractivity contribution is -0.159. The highest BCUT2D eigenvalue weighted by molar-refractivity contribution is 6.39. The fourth-order valence-electron chi connectivity index (χ4n) is 21.0. The topological polar surface area (TPSA) is 517 Å². The van der Waals surface area contributed by atoms with Gasteiger partial charge in [0.15, 0.2) is 0 Å². The van der Waals surface area contributed by atoms with Crippen molar-refractivity contribution in [2.75, 3.05) is 32.8 Å². The molecule has 37 heteroatoms. The Morgan fingerprint density at radius 2 is 0.843 bits per heavy atom. The van der Waals surface area contributed by atoms with Crippen molar-refractivity contribution in [2.45, 2.75) is 353 Å². The van der Waals surface area contributed by atoms with E-state index in [-0.39, 0.29) is 107 Å². The molecule has 18 atom stereocenters. The molecule has 7 saturated carbocycles. The van der Waals surface area contributed by atoms with Gasteiger partial charge in [-0.05, 0) is 187 Å². The fourth-order valence-corrected chi connectivity index (χ4v) is 21.0. The summed E-state index contributed by atoms with van der Waals surface area (Å²) in [5.41, 5.74) is 7.50. The number of halogens is 1. The molecule has 1 aromatic carbocycles. The third-order valence-electron chi connectivity index (χ3n) is 30.4. The molecule has 140 heavy (non-hydrogen) atoms. The van der Waals surface area contributed by atoms with Crippen LogP contribution >= 0.6 is 0 Å². The van der Waals surface area contributed by atoms with E-state index in [1.165, 1.54) is 45.0 Å². The molecular formula is C103H160FN15O21. The van der Waals surface area contributed by atoms with Crippen LogP contribution in [0, 0.1) is 109 Å². The first kappa shape index (κ1) is 113. The molecule has 36 nitrogen and oxygen atoms in total. The highest BCUT2D eigenvalue weighted by Gasteiger charge is 2.73. The van der Waals surface area contributed by atoms with Gasteiger partial charge in [0.25, 0.3) is 17.7 Å². The molecule has 3 aliphatic heterocycles. The molecule has 7 aliphatic carbocycles. The van der Waals surface area contributed by atoms with Gasteiger partial charge >= 0.3 is 36.0 Å². The zero-order chi connectivity index (χ0) is 105. The first-order valence-electron chi connectivity index (χ1n) is 50.5. The predicted molar refractivity (Wildman–Crippen MR) is 518 cm³/mol. The largest absolute Gasteiger partial charge is 0.464 e. The first-order chi connectivity index (χ1) is 65.1. The Balaban J connectivity index is 0.000000235. The number of likely N-dealkylation sites (tertiary alicyclic amines) is 3. The van der Waals surface area contributed by atoms with Crippen molar-refractivity contribution in [3.63, 3.8) is 0 Å². The SMILES string of the molecule is C=CCNC(=O)C(=O)C(CCC)NC(=O)[C@@H]1[C@@H]2[C@H](CN1C(=O)[C@@H](NC(=O)N[C@H](C(=O)OC(C)(C)C)C1CCCCC1)C(C)(C)C)C2(C)C.CC(C)[C@H](NC(=O)N[C@H](C(=O)N1C[C@H]2[C@@H]([C@H]1C(=O)NC(CC1CC1)C(=O)C(N)=O)C2(C)C)C(C)(C)C)C(=O)OCc1ccc(F)cc1.CCC(CC)[C@H](NC(=O)N[C@H](C(=O)N1C[C@H]2[C@@H]([C@H]1C(=O)NC(CC1CC1)C(=O)C(N)=O)C2(C)C)C(C)(C)C)C(=O)OCC1CC1. The number of urea groups is 3. The number of nitrogens with zero attached hydrogens (tertiary/aromatic N) is 3. The van der Waals surface area contributed by atoms with Crippen LogP contribution in [-0.2, 0) is 92.7 Å². The summed E-state index contributed by atoms with van der Waals surface area (Å²) < 4.78 is 29.8. The highest BCUT2D eigenvalue weighted by atomic mass is 19.1. The summed E-state index contributed by atoms with van der Waals surface area (Å²) in [5.74, 6) is -10.5. The number of amides is 15. The van der Waals surface area contributed by atoms with Gasteiger partial charge < -0.3 is 93.5 Å². The Bertz CT molecular complexity index is 4760. The van der Waals surface area contributed by atoms with Crippen LogP contribution in [0.4, 0.5) is 18.8 Å². The number of benzene rings is 1. The summed E-state index contributed by atoms with van der Waals surface area (Å²) in [6.45, 7) is 47.9. The molecule has 0 radical (unpaired) electrons. The van der Waals surface area contributed by atoms with Crippen molar-refractivity contribution in [3.8, 4) is 0 Å². The first-order valence-corrected chi connectivity index (χ1v) is 50.5. The predicted octanol–water partition coefficient (Wildman–Crippen LogP) is 8.34. The Kier molecular flexibility index (Phi) is 36.9. The van der Waals surface area contributed by atoms with Crippen LogP contribution in [0.2, 0.25) is 0 Å². The fraction of sp³-hybridized carbons (Fsp3) is 0.748. The second kappa shape index (κ2) is 45.7. The van der Waals surface area contributed by atoms with E-state index in [9.17, 15) is 90.7 Å². The van der Waals surface area contributed by atoms with Gasteiger partial charge in [0.1, 0.15) is 72.4 Å². The molecule has 3 unspecified atom stereocenters. The number of hydrogen-bond acceptors (Lipinski definition) is 21. The summed E-state index contributed by atoms with van der Waals surface area (Å²) in [5, 5.41) is 27.4. The van der Waals surface area contributed by atoms with E-state index in [2.05, 4.69) is 73.6 Å². The Morgan fingerprint density at radius 1 is 0.471 bits per heavy atom. The monoisotopic (exact) mass is 1960 g/mol. The lowest BCUT2D eigenvalue weighted by atomic mass is 9.83. The highest BCUT2D eigenvalue weighted by Crippen LogP contribution is 2.67. The molecule has 3 heterocycles.